The Hall–Kier alpha value is -2.03. The number of ether oxygens (including phenoxy) is 1. The molecule has 0 aliphatic rings. The maximum Gasteiger partial charge on any atom is 0.250 e. The molecule has 6 nitrogen and oxygen atoms in total. The van der Waals surface area contributed by atoms with Gasteiger partial charge in [0.15, 0.2) is 5.96 Å². The normalized spacial score (nSPS) is 10.8. The number of rotatable bonds is 11. The van der Waals surface area contributed by atoms with Crippen LogP contribution < -0.4 is 20.9 Å². The van der Waals surface area contributed by atoms with E-state index in [0.29, 0.717) is 13.2 Å². The van der Waals surface area contributed by atoms with Crippen LogP contribution in [0.1, 0.15) is 26.2 Å². The third-order valence-electron chi connectivity index (χ3n) is 3.95. The highest BCUT2D eigenvalue weighted by Crippen LogP contribution is 2.08. The quantitative estimate of drug-likeness (QED) is 0.216. The van der Waals surface area contributed by atoms with E-state index in [1.807, 2.05) is 42.6 Å². The van der Waals surface area contributed by atoms with Crippen molar-refractivity contribution in [3.8, 4) is 5.75 Å². The highest BCUT2D eigenvalue weighted by molar-refractivity contribution is 14.0. The summed E-state index contributed by atoms with van der Waals surface area (Å²) in [7, 11) is 0. The van der Waals surface area contributed by atoms with Gasteiger partial charge in [0.25, 0.3) is 0 Å². The molecule has 0 unspecified atom stereocenters. The van der Waals surface area contributed by atoms with Crippen LogP contribution >= 0.6 is 24.0 Å². The predicted octanol–water partition coefficient (Wildman–Crippen LogP) is 3.27. The van der Waals surface area contributed by atoms with Crippen LogP contribution in [0.25, 0.3) is 0 Å². The molecule has 0 saturated carbocycles. The van der Waals surface area contributed by atoms with Gasteiger partial charge in [-0.25, -0.2) is 0 Å². The van der Waals surface area contributed by atoms with Crippen molar-refractivity contribution in [2.24, 2.45) is 4.99 Å². The largest absolute Gasteiger partial charge is 0.494 e. The highest BCUT2D eigenvalue weighted by Gasteiger charge is 1.98. The zero-order valence-electron chi connectivity index (χ0n) is 16.5. The zero-order chi connectivity index (χ0) is 19.2. The number of aromatic nitrogens is 1. The van der Waals surface area contributed by atoms with Gasteiger partial charge in [0.2, 0.25) is 5.56 Å². The number of guanidine groups is 1. The van der Waals surface area contributed by atoms with Gasteiger partial charge in [-0.2, -0.15) is 0 Å². The second kappa shape index (κ2) is 15.0. The lowest BCUT2D eigenvalue weighted by Crippen LogP contribution is -2.38. The smallest absolute Gasteiger partial charge is 0.250 e. The first-order valence-corrected chi connectivity index (χ1v) is 9.65. The molecule has 1 aromatic carbocycles. The zero-order valence-corrected chi connectivity index (χ0v) is 18.8. The van der Waals surface area contributed by atoms with Gasteiger partial charge in [-0.05, 0) is 38.0 Å². The maximum absolute atomic E-state index is 11.6. The molecule has 0 amide bonds. The Kier molecular flexibility index (Phi) is 12.8. The minimum absolute atomic E-state index is 0. The molecular formula is C21H31IN4O2. The summed E-state index contributed by atoms with van der Waals surface area (Å²) in [6, 6.07) is 15.1. The Morgan fingerprint density at radius 2 is 1.82 bits per heavy atom. The van der Waals surface area contributed by atoms with Gasteiger partial charge in [0.1, 0.15) is 5.75 Å². The van der Waals surface area contributed by atoms with Gasteiger partial charge < -0.3 is 19.9 Å². The lowest BCUT2D eigenvalue weighted by atomic mass is 10.3. The van der Waals surface area contributed by atoms with Gasteiger partial charge in [-0.1, -0.05) is 24.3 Å². The second-order valence-electron chi connectivity index (χ2n) is 6.14. The molecule has 2 N–H and O–H groups in total. The van der Waals surface area contributed by atoms with Crippen molar-refractivity contribution in [3.63, 3.8) is 0 Å². The van der Waals surface area contributed by atoms with E-state index in [1.165, 1.54) is 0 Å². The molecule has 1 aromatic heterocycles. The summed E-state index contributed by atoms with van der Waals surface area (Å²) in [5.74, 6) is 1.72. The number of benzene rings is 1. The Labute approximate surface area is 184 Å². The first kappa shape index (κ1) is 24.0. The molecule has 0 radical (unpaired) electrons. The van der Waals surface area contributed by atoms with Gasteiger partial charge in [-0.15, -0.1) is 24.0 Å². The summed E-state index contributed by atoms with van der Waals surface area (Å²) in [5.41, 5.74) is 0.0538. The summed E-state index contributed by atoms with van der Waals surface area (Å²) < 4.78 is 7.42. The number of hydrogen-bond acceptors (Lipinski definition) is 3. The van der Waals surface area contributed by atoms with Crippen molar-refractivity contribution < 1.29 is 4.74 Å². The van der Waals surface area contributed by atoms with Gasteiger partial charge in [-0.3, -0.25) is 9.79 Å². The number of para-hydroxylation sites is 1. The lowest BCUT2D eigenvalue weighted by molar-refractivity contribution is 0.313. The number of aryl methyl sites for hydroxylation is 1. The third-order valence-corrected chi connectivity index (χ3v) is 3.95. The van der Waals surface area contributed by atoms with E-state index in [9.17, 15) is 4.79 Å². The number of nitrogens with zero attached hydrogens (tertiary/aromatic N) is 2. The summed E-state index contributed by atoms with van der Waals surface area (Å²) in [5, 5.41) is 6.59. The topological polar surface area (TPSA) is 67.7 Å². The van der Waals surface area contributed by atoms with Crippen LogP contribution in [-0.4, -0.2) is 36.8 Å². The van der Waals surface area contributed by atoms with Crippen molar-refractivity contribution in [3.05, 3.63) is 65.1 Å². The Bertz CT molecular complexity index is 734. The fourth-order valence-corrected chi connectivity index (χ4v) is 2.56. The fraction of sp³-hybridized carbons (Fsp3) is 0.429. The molecule has 0 spiro atoms. The summed E-state index contributed by atoms with van der Waals surface area (Å²) in [6.45, 7) is 5.81. The Morgan fingerprint density at radius 1 is 1.04 bits per heavy atom. The SMILES string of the molecule is CCNC(=NCCCOc1ccccc1)NCCCCn1ccccc1=O.I. The first-order valence-electron chi connectivity index (χ1n) is 9.65. The molecule has 28 heavy (non-hydrogen) atoms. The second-order valence-corrected chi connectivity index (χ2v) is 6.14. The highest BCUT2D eigenvalue weighted by atomic mass is 127. The van der Waals surface area contributed by atoms with Crippen LogP contribution in [0.4, 0.5) is 0 Å². The predicted molar refractivity (Wildman–Crippen MR) is 126 cm³/mol. The van der Waals surface area contributed by atoms with Crippen molar-refractivity contribution in [1.29, 1.82) is 0 Å². The molecule has 2 aromatic rings. The van der Waals surface area contributed by atoms with E-state index in [1.54, 1.807) is 16.7 Å². The molecule has 0 atom stereocenters. The average Bonchev–Trinajstić information content (AvgIpc) is 2.69. The molecular weight excluding hydrogens is 467 g/mol. The van der Waals surface area contributed by atoms with Gasteiger partial charge in [0, 0.05) is 44.9 Å². The summed E-state index contributed by atoms with van der Waals surface area (Å²) in [4.78, 5) is 16.2. The summed E-state index contributed by atoms with van der Waals surface area (Å²) in [6.07, 6.45) is 4.62. The molecule has 0 aliphatic heterocycles. The average molecular weight is 498 g/mol. The van der Waals surface area contributed by atoms with E-state index in [0.717, 1.165) is 50.6 Å². The first-order chi connectivity index (χ1) is 13.3. The molecule has 0 bridgehead atoms. The minimum Gasteiger partial charge on any atom is -0.494 e. The molecule has 154 valence electrons. The van der Waals surface area contributed by atoms with Crippen LogP contribution in [0.2, 0.25) is 0 Å². The van der Waals surface area contributed by atoms with Crippen LogP contribution in [0.5, 0.6) is 5.75 Å². The number of hydrogen-bond donors (Lipinski definition) is 2. The number of nitrogens with one attached hydrogen (secondary N) is 2. The number of halogens is 1. The van der Waals surface area contributed by atoms with Crippen molar-refractivity contribution in [2.75, 3.05) is 26.2 Å². The van der Waals surface area contributed by atoms with E-state index in [-0.39, 0.29) is 29.5 Å². The standard InChI is InChI=1S/C21H30N4O2.HI/c1-2-22-21(24-15-10-18-27-19-11-4-3-5-12-19)23-14-7-9-17-25-16-8-6-13-20(25)26;/h3-6,8,11-13,16H,2,7,9-10,14-15,17-18H2,1H3,(H2,22,23,24);1H. The minimum atomic E-state index is 0. The maximum atomic E-state index is 11.6. The van der Waals surface area contributed by atoms with Crippen LogP contribution in [0, 0.1) is 0 Å². The molecule has 2 rings (SSSR count). The monoisotopic (exact) mass is 498 g/mol. The van der Waals surface area contributed by atoms with Crippen molar-refractivity contribution in [1.82, 2.24) is 15.2 Å². The lowest BCUT2D eigenvalue weighted by Gasteiger charge is -2.11. The summed E-state index contributed by atoms with van der Waals surface area (Å²) >= 11 is 0. The Morgan fingerprint density at radius 3 is 2.57 bits per heavy atom. The Balaban J connectivity index is 0.00000392. The van der Waals surface area contributed by atoms with Crippen LogP contribution in [0.15, 0.2) is 64.5 Å². The van der Waals surface area contributed by atoms with Crippen molar-refractivity contribution >= 4 is 29.9 Å². The molecule has 0 saturated heterocycles. The van der Waals surface area contributed by atoms with E-state index in [2.05, 4.69) is 22.5 Å². The van der Waals surface area contributed by atoms with Gasteiger partial charge >= 0.3 is 0 Å². The van der Waals surface area contributed by atoms with Crippen LogP contribution in [0.3, 0.4) is 0 Å². The number of unbranched alkanes of at least 4 members (excludes halogenated alkanes) is 1. The van der Waals surface area contributed by atoms with Crippen molar-refractivity contribution in [2.45, 2.75) is 32.7 Å². The molecule has 1 heterocycles. The van der Waals surface area contributed by atoms with Gasteiger partial charge in [0.05, 0.1) is 6.61 Å². The van der Waals surface area contributed by atoms with E-state index < -0.39 is 0 Å². The van der Waals surface area contributed by atoms with E-state index >= 15 is 0 Å². The fourth-order valence-electron chi connectivity index (χ4n) is 2.56. The molecule has 0 fully saturated rings. The number of aliphatic imine (C=N–C) groups is 1. The molecule has 0 aliphatic carbocycles. The van der Waals surface area contributed by atoms with Crippen LogP contribution in [-0.2, 0) is 6.54 Å². The number of pyridine rings is 1. The molecule has 7 heteroatoms. The third kappa shape index (κ3) is 9.77. The van der Waals surface area contributed by atoms with E-state index in [4.69, 9.17) is 4.74 Å².